The van der Waals surface area contributed by atoms with Gasteiger partial charge in [0.05, 0.1) is 24.8 Å². The Bertz CT molecular complexity index is 1430. The molecule has 0 spiro atoms. The van der Waals surface area contributed by atoms with Gasteiger partial charge in [-0.1, -0.05) is 48.0 Å². The summed E-state index contributed by atoms with van der Waals surface area (Å²) in [5.74, 6) is -0.370. The number of halogens is 1. The molecule has 11 heteroatoms. The second kappa shape index (κ2) is 13.5. The van der Waals surface area contributed by atoms with Gasteiger partial charge in [0, 0.05) is 23.7 Å². The molecule has 3 aromatic rings. The fraction of sp³-hybridized carbons (Fsp3) is 0.310. The molecule has 0 aliphatic heterocycles. The van der Waals surface area contributed by atoms with E-state index in [1.54, 1.807) is 61.5 Å². The number of anilines is 1. The number of carbonyl (C=O) groups excluding carboxylic acids is 2. The van der Waals surface area contributed by atoms with Crippen LogP contribution in [0.15, 0.2) is 77.7 Å². The summed E-state index contributed by atoms with van der Waals surface area (Å²) in [6.45, 7) is 4.67. The topological polar surface area (TPSA) is 105 Å². The van der Waals surface area contributed by atoms with Crippen LogP contribution in [0.4, 0.5) is 5.69 Å². The summed E-state index contributed by atoms with van der Waals surface area (Å²) in [7, 11) is -1.41. The van der Waals surface area contributed by atoms with E-state index in [2.05, 4.69) is 5.32 Å². The van der Waals surface area contributed by atoms with Crippen molar-refractivity contribution < 1.29 is 27.5 Å². The van der Waals surface area contributed by atoms with Crippen LogP contribution < -0.4 is 19.1 Å². The van der Waals surface area contributed by atoms with Crippen molar-refractivity contribution in [1.82, 2.24) is 10.2 Å². The molecule has 0 saturated carbocycles. The number of hydrogen-bond acceptors (Lipinski definition) is 6. The maximum atomic E-state index is 14.0. The summed E-state index contributed by atoms with van der Waals surface area (Å²) < 4.78 is 39.5. The lowest BCUT2D eigenvalue weighted by Crippen LogP contribution is -2.52. The Kier molecular flexibility index (Phi) is 10.4. The summed E-state index contributed by atoms with van der Waals surface area (Å²) in [4.78, 5) is 28.2. The monoisotopic (exact) mass is 587 g/mol. The number of methoxy groups -OCH3 is 2. The van der Waals surface area contributed by atoms with Crippen LogP contribution in [0.3, 0.4) is 0 Å². The molecule has 0 radical (unpaired) electrons. The first-order valence-corrected chi connectivity index (χ1v) is 14.4. The molecule has 1 atom stereocenters. The number of para-hydroxylation sites is 1. The molecule has 1 N–H and O–H groups in total. The number of benzene rings is 3. The summed E-state index contributed by atoms with van der Waals surface area (Å²) >= 11 is 6.38. The Morgan fingerprint density at radius 3 is 2.12 bits per heavy atom. The van der Waals surface area contributed by atoms with Crippen LogP contribution in [0.5, 0.6) is 11.5 Å². The third kappa shape index (κ3) is 7.25. The standard InChI is InChI=1S/C29H34ClN3O6S/c1-20(2)31-29(35)21(3)32(18-22-11-9-10-14-25(22)30)28(34)19-33(23-12-7-6-8-13-23)40(36,37)24-15-16-26(38-4)27(17-24)39-5/h6-17,20-21H,18-19H2,1-5H3,(H,31,35)/t21-/m0/s1. The van der Waals surface area contributed by atoms with Gasteiger partial charge in [-0.2, -0.15) is 0 Å². The summed E-state index contributed by atoms with van der Waals surface area (Å²) in [5, 5.41) is 3.24. The molecule has 0 heterocycles. The van der Waals surface area contributed by atoms with Crippen LogP contribution in [-0.4, -0.2) is 58.0 Å². The minimum absolute atomic E-state index is 0.00419. The van der Waals surface area contributed by atoms with E-state index >= 15 is 0 Å². The molecule has 0 saturated heterocycles. The number of sulfonamides is 1. The predicted molar refractivity (Wildman–Crippen MR) is 155 cm³/mol. The summed E-state index contributed by atoms with van der Waals surface area (Å²) in [5.41, 5.74) is 0.901. The predicted octanol–water partition coefficient (Wildman–Crippen LogP) is 4.49. The fourth-order valence-electron chi connectivity index (χ4n) is 4.03. The molecule has 0 aromatic heterocycles. The first-order valence-electron chi connectivity index (χ1n) is 12.6. The van der Waals surface area contributed by atoms with Crippen molar-refractivity contribution in [3.05, 3.63) is 83.4 Å². The molecule has 0 aliphatic rings. The van der Waals surface area contributed by atoms with E-state index in [1.165, 1.54) is 37.3 Å². The molecule has 214 valence electrons. The second-order valence-electron chi connectivity index (χ2n) is 9.32. The van der Waals surface area contributed by atoms with E-state index in [0.717, 1.165) is 4.31 Å². The minimum atomic E-state index is -4.26. The highest BCUT2D eigenvalue weighted by Gasteiger charge is 2.33. The van der Waals surface area contributed by atoms with Crippen molar-refractivity contribution in [2.24, 2.45) is 0 Å². The van der Waals surface area contributed by atoms with Crippen LogP contribution in [0.1, 0.15) is 26.3 Å². The number of amides is 2. The summed E-state index contributed by atoms with van der Waals surface area (Å²) in [6.07, 6.45) is 0. The maximum Gasteiger partial charge on any atom is 0.264 e. The average Bonchev–Trinajstić information content (AvgIpc) is 2.94. The number of rotatable bonds is 12. The third-order valence-electron chi connectivity index (χ3n) is 6.16. The van der Waals surface area contributed by atoms with Crippen LogP contribution in [0, 0.1) is 0 Å². The van der Waals surface area contributed by atoms with Crippen LogP contribution in [-0.2, 0) is 26.2 Å². The van der Waals surface area contributed by atoms with E-state index in [-0.39, 0.29) is 34.8 Å². The molecule has 2 amide bonds. The zero-order chi connectivity index (χ0) is 29.4. The molecule has 0 fully saturated rings. The number of ether oxygens (including phenoxy) is 2. The quantitative estimate of drug-likeness (QED) is 0.335. The molecule has 3 aromatic carbocycles. The Morgan fingerprint density at radius 2 is 1.52 bits per heavy atom. The van der Waals surface area contributed by atoms with Gasteiger partial charge in [-0.05, 0) is 56.7 Å². The van der Waals surface area contributed by atoms with Gasteiger partial charge < -0.3 is 19.7 Å². The van der Waals surface area contributed by atoms with Crippen LogP contribution in [0.25, 0.3) is 0 Å². The summed E-state index contributed by atoms with van der Waals surface area (Å²) in [6, 6.07) is 18.4. The molecule has 0 aliphatic carbocycles. The lowest BCUT2D eigenvalue weighted by Gasteiger charge is -2.32. The maximum absolute atomic E-state index is 14.0. The SMILES string of the molecule is COc1ccc(S(=O)(=O)N(CC(=O)N(Cc2ccccc2Cl)[C@@H](C)C(=O)NC(C)C)c2ccccc2)cc1OC. The van der Waals surface area contributed by atoms with Crippen molar-refractivity contribution >= 4 is 39.1 Å². The molecule has 40 heavy (non-hydrogen) atoms. The minimum Gasteiger partial charge on any atom is -0.493 e. The smallest absolute Gasteiger partial charge is 0.264 e. The highest BCUT2D eigenvalue weighted by Crippen LogP contribution is 2.32. The normalized spacial score (nSPS) is 12.0. The lowest BCUT2D eigenvalue weighted by molar-refractivity contribution is -0.139. The van der Waals surface area contributed by atoms with Gasteiger partial charge in [0.2, 0.25) is 11.8 Å². The van der Waals surface area contributed by atoms with Crippen molar-refractivity contribution in [3.8, 4) is 11.5 Å². The molecule has 9 nitrogen and oxygen atoms in total. The van der Waals surface area contributed by atoms with Crippen molar-refractivity contribution in [1.29, 1.82) is 0 Å². The van der Waals surface area contributed by atoms with Gasteiger partial charge in [0.1, 0.15) is 12.6 Å². The highest BCUT2D eigenvalue weighted by molar-refractivity contribution is 7.92. The molecular formula is C29H34ClN3O6S. The third-order valence-corrected chi connectivity index (χ3v) is 8.30. The van der Waals surface area contributed by atoms with Gasteiger partial charge >= 0.3 is 0 Å². The van der Waals surface area contributed by atoms with E-state index < -0.39 is 28.5 Å². The van der Waals surface area contributed by atoms with E-state index in [4.69, 9.17) is 21.1 Å². The number of nitrogens with zero attached hydrogens (tertiary/aromatic N) is 2. The zero-order valence-corrected chi connectivity index (χ0v) is 24.7. The number of nitrogens with one attached hydrogen (secondary N) is 1. The molecular weight excluding hydrogens is 554 g/mol. The van der Waals surface area contributed by atoms with Gasteiger partial charge in [-0.3, -0.25) is 13.9 Å². The second-order valence-corrected chi connectivity index (χ2v) is 11.6. The van der Waals surface area contributed by atoms with Gasteiger partial charge in [-0.15, -0.1) is 0 Å². The van der Waals surface area contributed by atoms with Gasteiger partial charge in [-0.25, -0.2) is 8.42 Å². The zero-order valence-electron chi connectivity index (χ0n) is 23.1. The van der Waals surface area contributed by atoms with Crippen LogP contribution >= 0.6 is 11.6 Å². The Labute approximate surface area is 240 Å². The largest absolute Gasteiger partial charge is 0.493 e. The van der Waals surface area contributed by atoms with Gasteiger partial charge in [0.25, 0.3) is 10.0 Å². The highest BCUT2D eigenvalue weighted by atomic mass is 35.5. The Balaban J connectivity index is 2.05. The van der Waals surface area contributed by atoms with E-state index in [1.807, 2.05) is 13.8 Å². The molecule has 3 rings (SSSR count). The average molecular weight is 588 g/mol. The van der Waals surface area contributed by atoms with Crippen molar-refractivity contribution in [2.45, 2.75) is 44.3 Å². The molecule has 0 unspecified atom stereocenters. The van der Waals surface area contributed by atoms with E-state index in [9.17, 15) is 18.0 Å². The Morgan fingerprint density at radius 1 is 0.900 bits per heavy atom. The number of hydrogen-bond donors (Lipinski definition) is 1. The van der Waals surface area contributed by atoms with E-state index in [0.29, 0.717) is 16.3 Å². The molecule has 0 bridgehead atoms. The van der Waals surface area contributed by atoms with Gasteiger partial charge in [0.15, 0.2) is 11.5 Å². The number of carbonyl (C=O) groups is 2. The fourth-order valence-corrected chi connectivity index (χ4v) is 5.65. The van der Waals surface area contributed by atoms with Crippen molar-refractivity contribution in [3.63, 3.8) is 0 Å². The first kappa shape index (κ1) is 30.8. The lowest BCUT2D eigenvalue weighted by atomic mass is 10.1. The first-order chi connectivity index (χ1) is 19.0. The van der Waals surface area contributed by atoms with Crippen LogP contribution in [0.2, 0.25) is 5.02 Å². The Hall–Kier alpha value is -3.76. The van der Waals surface area contributed by atoms with Crippen molar-refractivity contribution in [2.75, 3.05) is 25.1 Å².